The molecule has 202 valence electrons. The lowest BCUT2D eigenvalue weighted by Gasteiger charge is -2.49. The number of nitriles is 1. The Hall–Kier alpha value is -3.13. The number of piperidine rings is 1. The first kappa shape index (κ1) is 27.9. The SMILES string of the molecule is CC.CCN(C)SNc1ccc(F)c(Oc2ccc3ncnc(OC4CC5(CCNCC5)C4)c3c2)c1C#N. The lowest BCUT2D eigenvalue weighted by molar-refractivity contribution is -0.0360. The van der Waals surface area contributed by atoms with Gasteiger partial charge in [0.15, 0.2) is 11.6 Å². The summed E-state index contributed by atoms with van der Waals surface area (Å²) in [6, 6.07) is 10.1. The van der Waals surface area contributed by atoms with E-state index in [0.29, 0.717) is 33.6 Å². The fraction of sp³-hybridized carbons (Fsp3) is 0.464. The van der Waals surface area contributed by atoms with Gasteiger partial charge in [-0.1, -0.05) is 20.8 Å². The van der Waals surface area contributed by atoms with Crippen LogP contribution in [0.1, 0.15) is 52.0 Å². The Bertz CT molecular complexity index is 1290. The van der Waals surface area contributed by atoms with Gasteiger partial charge in [-0.25, -0.2) is 18.7 Å². The molecule has 1 spiro atoms. The van der Waals surface area contributed by atoms with Gasteiger partial charge in [0, 0.05) is 18.7 Å². The monoisotopic (exact) mass is 538 g/mol. The summed E-state index contributed by atoms with van der Waals surface area (Å²) in [6.45, 7) is 8.94. The molecule has 1 saturated heterocycles. The molecule has 0 bridgehead atoms. The number of hydrogen-bond acceptors (Lipinski definition) is 9. The van der Waals surface area contributed by atoms with E-state index in [1.165, 1.54) is 43.4 Å². The number of anilines is 1. The van der Waals surface area contributed by atoms with E-state index in [0.717, 1.165) is 32.5 Å². The van der Waals surface area contributed by atoms with Gasteiger partial charge >= 0.3 is 0 Å². The average molecular weight is 539 g/mol. The highest BCUT2D eigenvalue weighted by molar-refractivity contribution is 7.98. The van der Waals surface area contributed by atoms with Crippen LogP contribution in [0.25, 0.3) is 10.9 Å². The van der Waals surface area contributed by atoms with Crippen LogP contribution in [0.5, 0.6) is 17.4 Å². The van der Waals surface area contributed by atoms with E-state index in [1.54, 1.807) is 18.2 Å². The van der Waals surface area contributed by atoms with E-state index in [2.05, 4.69) is 26.1 Å². The zero-order chi connectivity index (χ0) is 27.1. The first-order valence-electron chi connectivity index (χ1n) is 13.2. The highest BCUT2D eigenvalue weighted by Gasteiger charge is 2.46. The predicted octanol–water partition coefficient (Wildman–Crippen LogP) is 6.30. The number of benzene rings is 2. The van der Waals surface area contributed by atoms with E-state index in [1.807, 2.05) is 32.1 Å². The van der Waals surface area contributed by atoms with Crippen LogP contribution in [0, 0.1) is 22.6 Å². The Labute approximate surface area is 228 Å². The molecule has 1 aliphatic carbocycles. The van der Waals surface area contributed by atoms with Crippen LogP contribution in [-0.2, 0) is 0 Å². The van der Waals surface area contributed by atoms with Gasteiger partial charge in [0.25, 0.3) is 0 Å². The lowest BCUT2D eigenvalue weighted by atomic mass is 9.62. The largest absolute Gasteiger partial charge is 0.474 e. The molecular weight excluding hydrogens is 503 g/mol. The molecule has 2 fully saturated rings. The second-order valence-electron chi connectivity index (χ2n) is 9.41. The minimum atomic E-state index is -0.617. The van der Waals surface area contributed by atoms with Gasteiger partial charge in [-0.15, -0.1) is 0 Å². The van der Waals surface area contributed by atoms with Gasteiger partial charge in [-0.05, 0) is 81.6 Å². The highest BCUT2D eigenvalue weighted by atomic mass is 32.2. The van der Waals surface area contributed by atoms with Crippen LogP contribution in [0.15, 0.2) is 36.7 Å². The molecule has 0 atom stereocenters. The van der Waals surface area contributed by atoms with Crippen molar-refractivity contribution >= 4 is 28.7 Å². The van der Waals surface area contributed by atoms with E-state index in [4.69, 9.17) is 9.47 Å². The number of nitrogens with one attached hydrogen (secondary N) is 2. The van der Waals surface area contributed by atoms with Crippen molar-refractivity contribution in [3.05, 3.63) is 48.0 Å². The molecule has 0 amide bonds. The van der Waals surface area contributed by atoms with Crippen molar-refractivity contribution in [3.8, 4) is 23.4 Å². The molecule has 2 aliphatic rings. The quantitative estimate of drug-likeness (QED) is 0.321. The summed E-state index contributed by atoms with van der Waals surface area (Å²) in [5.74, 6) is 0.118. The molecule has 1 saturated carbocycles. The summed E-state index contributed by atoms with van der Waals surface area (Å²) >= 11 is 1.32. The molecule has 5 rings (SSSR count). The topological polar surface area (TPSA) is 95.3 Å². The number of fused-ring (bicyclic) bond motifs is 1. The third kappa shape index (κ3) is 6.12. The van der Waals surface area contributed by atoms with Gasteiger partial charge in [-0.2, -0.15) is 5.26 Å². The first-order valence-corrected chi connectivity index (χ1v) is 13.9. The standard InChI is InChI=1S/C26H29FN6O2S.C2H6/c1-3-33(2)36-32-23-7-5-21(27)24(20(23)15-28)34-17-4-6-22-19(12-17)25(31-16-30-22)35-18-13-26(14-18)8-10-29-11-9-26;1-2/h4-7,12,16,18,29,32H,3,8-11,13-14H2,1-2H3;1-2H3. The van der Waals surface area contributed by atoms with Gasteiger partial charge in [0.05, 0.1) is 16.6 Å². The maximum absolute atomic E-state index is 14.8. The first-order chi connectivity index (χ1) is 18.5. The van der Waals surface area contributed by atoms with Gasteiger partial charge < -0.3 is 19.5 Å². The summed E-state index contributed by atoms with van der Waals surface area (Å²) in [5, 5.41) is 13.9. The second-order valence-corrected chi connectivity index (χ2v) is 10.4. The number of aromatic nitrogens is 2. The summed E-state index contributed by atoms with van der Waals surface area (Å²) in [7, 11) is 1.91. The third-order valence-corrected chi connectivity index (χ3v) is 7.91. The van der Waals surface area contributed by atoms with Gasteiger partial charge in [-0.3, -0.25) is 0 Å². The highest BCUT2D eigenvalue weighted by Crippen LogP contribution is 2.49. The summed E-state index contributed by atoms with van der Waals surface area (Å²) in [4.78, 5) is 8.72. The second kappa shape index (κ2) is 12.6. The number of rotatable bonds is 8. The van der Waals surface area contributed by atoms with Crippen molar-refractivity contribution < 1.29 is 13.9 Å². The van der Waals surface area contributed by atoms with Crippen molar-refractivity contribution in [1.29, 1.82) is 5.26 Å². The number of nitrogens with zero attached hydrogens (tertiary/aromatic N) is 4. The van der Waals surface area contributed by atoms with E-state index >= 15 is 0 Å². The molecule has 3 aromatic rings. The normalized spacial score (nSPS) is 16.3. The summed E-state index contributed by atoms with van der Waals surface area (Å²) in [5.41, 5.74) is 1.67. The Morgan fingerprint density at radius 1 is 1.21 bits per heavy atom. The van der Waals surface area contributed by atoms with Crippen molar-refractivity contribution in [2.45, 2.75) is 52.6 Å². The Kier molecular flexibility index (Phi) is 9.26. The molecule has 38 heavy (non-hydrogen) atoms. The van der Waals surface area contributed by atoms with Crippen LogP contribution >= 0.6 is 12.1 Å². The predicted molar refractivity (Wildman–Crippen MR) is 150 cm³/mol. The fourth-order valence-corrected chi connectivity index (χ4v) is 5.40. The minimum Gasteiger partial charge on any atom is -0.474 e. The molecule has 0 unspecified atom stereocenters. The maximum atomic E-state index is 14.8. The Morgan fingerprint density at radius 2 is 1.97 bits per heavy atom. The average Bonchev–Trinajstić information content (AvgIpc) is 2.94. The molecule has 1 aliphatic heterocycles. The third-order valence-electron chi connectivity index (χ3n) is 7.03. The van der Waals surface area contributed by atoms with E-state index in [-0.39, 0.29) is 17.4 Å². The number of hydrogen-bond donors (Lipinski definition) is 2. The Balaban J connectivity index is 0.00000164. The van der Waals surface area contributed by atoms with Crippen molar-refractivity contribution in [2.75, 3.05) is 31.4 Å². The van der Waals surface area contributed by atoms with E-state index < -0.39 is 5.82 Å². The number of ether oxygens (including phenoxy) is 2. The molecular formula is C28H35FN6O2S. The smallest absolute Gasteiger partial charge is 0.224 e. The number of halogens is 1. The fourth-order valence-electron chi connectivity index (χ4n) is 4.84. The van der Waals surface area contributed by atoms with Crippen LogP contribution in [0.3, 0.4) is 0 Å². The Morgan fingerprint density at radius 3 is 2.68 bits per heavy atom. The molecule has 1 aromatic heterocycles. The molecule has 0 radical (unpaired) electrons. The maximum Gasteiger partial charge on any atom is 0.224 e. The molecule has 2 aromatic carbocycles. The van der Waals surface area contributed by atoms with Crippen molar-refractivity contribution in [3.63, 3.8) is 0 Å². The molecule has 2 N–H and O–H groups in total. The van der Waals surface area contributed by atoms with Crippen LogP contribution in [0.2, 0.25) is 0 Å². The summed E-state index contributed by atoms with van der Waals surface area (Å²) in [6.07, 6.45) is 6.03. The van der Waals surface area contributed by atoms with Crippen LogP contribution in [-0.4, -0.2) is 47.1 Å². The molecule has 2 heterocycles. The molecule has 8 nitrogen and oxygen atoms in total. The lowest BCUT2D eigenvalue weighted by Crippen LogP contribution is -2.49. The van der Waals surface area contributed by atoms with E-state index in [9.17, 15) is 9.65 Å². The zero-order valence-electron chi connectivity index (χ0n) is 22.4. The zero-order valence-corrected chi connectivity index (χ0v) is 23.2. The minimum absolute atomic E-state index is 0.0922. The van der Waals surface area contributed by atoms with Gasteiger partial charge in [0.2, 0.25) is 5.88 Å². The van der Waals surface area contributed by atoms with Crippen molar-refractivity contribution in [2.24, 2.45) is 5.41 Å². The van der Waals surface area contributed by atoms with Crippen LogP contribution < -0.4 is 19.5 Å². The van der Waals surface area contributed by atoms with Crippen LogP contribution in [0.4, 0.5) is 10.1 Å². The van der Waals surface area contributed by atoms with Gasteiger partial charge in [0.1, 0.15) is 29.8 Å². The molecule has 10 heteroatoms. The summed E-state index contributed by atoms with van der Waals surface area (Å²) < 4.78 is 32.0. The van der Waals surface area contributed by atoms with Crippen molar-refractivity contribution in [1.82, 2.24) is 19.6 Å².